The first-order chi connectivity index (χ1) is 16.6. The first kappa shape index (κ1) is 27.8. The van der Waals surface area contributed by atoms with Crippen LogP contribution in [0.4, 0.5) is 0 Å². The van der Waals surface area contributed by atoms with E-state index in [4.69, 9.17) is 9.47 Å². The molecule has 35 heavy (non-hydrogen) atoms. The van der Waals surface area contributed by atoms with Gasteiger partial charge in [0, 0.05) is 0 Å². The van der Waals surface area contributed by atoms with Gasteiger partial charge in [0.1, 0.15) is 0 Å². The summed E-state index contributed by atoms with van der Waals surface area (Å²) in [5.74, 6) is -3.15. The topological polar surface area (TPSA) is 134 Å². The predicted molar refractivity (Wildman–Crippen MR) is 132 cm³/mol. The summed E-state index contributed by atoms with van der Waals surface area (Å²) in [6, 6.07) is 18.5. The number of hydrogen-bond acceptors (Lipinski definition) is 6. The molecule has 4 N–H and O–H groups in total. The molecule has 0 amide bonds. The number of carboxylic acid groups (broad SMARTS) is 2. The van der Waals surface area contributed by atoms with Gasteiger partial charge in [-0.2, -0.15) is 0 Å². The van der Waals surface area contributed by atoms with Crippen LogP contribution < -0.4 is 8.92 Å². The molecule has 190 valence electrons. The van der Waals surface area contributed by atoms with Gasteiger partial charge < -0.3 is 0 Å². The van der Waals surface area contributed by atoms with Crippen LogP contribution in [-0.4, -0.2) is 92.5 Å². The third kappa shape index (κ3) is 8.13. The van der Waals surface area contributed by atoms with Crippen LogP contribution in [0, 0.1) is 0 Å². The van der Waals surface area contributed by atoms with Gasteiger partial charge in [-0.25, -0.2) is 0 Å². The summed E-state index contributed by atoms with van der Waals surface area (Å²) >= 11 is -0.854. The average Bonchev–Trinajstić information content (AvgIpc) is 3.15. The van der Waals surface area contributed by atoms with Crippen molar-refractivity contribution in [3.05, 3.63) is 60.7 Å². The molecule has 0 aromatic heterocycles. The maximum absolute atomic E-state index is 11.9. The maximum atomic E-state index is 11.9. The minimum absolute atomic E-state index is 0.0755. The molecule has 1 aliphatic heterocycles. The monoisotopic (exact) mass is 618 g/mol. The van der Waals surface area contributed by atoms with Gasteiger partial charge in [0.15, 0.2) is 0 Å². The summed E-state index contributed by atoms with van der Waals surface area (Å²) in [4.78, 5) is 22.2. The van der Waals surface area contributed by atoms with E-state index in [9.17, 15) is 30.0 Å². The number of ether oxygens (including phenoxy) is 2. The summed E-state index contributed by atoms with van der Waals surface area (Å²) in [7, 11) is 0. The predicted octanol–water partition coefficient (Wildman–Crippen LogP) is 0.814. The van der Waals surface area contributed by atoms with Crippen molar-refractivity contribution in [3.63, 3.8) is 0 Å². The third-order valence-electron chi connectivity index (χ3n) is 5.43. The zero-order valence-corrected chi connectivity index (χ0v) is 22.8. The average molecular weight is 616 g/mol. The van der Waals surface area contributed by atoms with E-state index in [1.54, 1.807) is 13.8 Å². The molecule has 0 spiro atoms. The van der Waals surface area contributed by atoms with Crippen molar-refractivity contribution in [1.29, 1.82) is 0 Å². The van der Waals surface area contributed by atoms with Crippen molar-refractivity contribution in [2.24, 2.45) is 0 Å². The number of aliphatic carboxylic acids is 2. The van der Waals surface area contributed by atoms with Crippen LogP contribution in [0.3, 0.4) is 0 Å². The number of carboxylic acids is 2. The second-order valence-corrected chi connectivity index (χ2v) is 14.0. The fourth-order valence-corrected chi connectivity index (χ4v) is 8.20. The van der Waals surface area contributed by atoms with Crippen LogP contribution in [-0.2, 0) is 19.1 Å². The summed E-state index contributed by atoms with van der Waals surface area (Å²) < 4.78 is 13.5. The van der Waals surface area contributed by atoms with Crippen molar-refractivity contribution in [3.8, 4) is 0 Å². The Morgan fingerprint density at radius 2 is 1.11 bits per heavy atom. The molecule has 8 nitrogen and oxygen atoms in total. The second-order valence-electron chi connectivity index (χ2n) is 8.69. The van der Waals surface area contributed by atoms with E-state index in [0.717, 1.165) is 8.92 Å². The summed E-state index contributed by atoms with van der Waals surface area (Å²) in [5.41, 5.74) is 0. The van der Waals surface area contributed by atoms with Crippen molar-refractivity contribution in [1.82, 2.24) is 0 Å². The van der Waals surface area contributed by atoms with E-state index in [-0.39, 0.29) is 12.8 Å². The van der Waals surface area contributed by atoms with Crippen LogP contribution in [0.15, 0.2) is 60.7 Å². The van der Waals surface area contributed by atoms with Gasteiger partial charge in [-0.15, -0.1) is 0 Å². The van der Waals surface area contributed by atoms with Crippen LogP contribution >= 0.6 is 0 Å². The molecule has 1 fully saturated rings. The van der Waals surface area contributed by atoms with E-state index >= 15 is 0 Å². The van der Waals surface area contributed by atoms with Crippen molar-refractivity contribution in [2.45, 2.75) is 66.5 Å². The first-order valence-corrected chi connectivity index (χ1v) is 14.9. The normalized spacial score (nSPS) is 22.7. The van der Waals surface area contributed by atoms with E-state index in [1.807, 2.05) is 60.7 Å². The van der Waals surface area contributed by atoms with Gasteiger partial charge >= 0.3 is 217 Å². The SMILES string of the molecule is CC1(C)O[C@H]([C@H](O)CC([Se]c2ccccc2)C(=O)O)[C@@H]([C@H](O)CC([Se]c2ccccc2)C(=O)O)O1. The molecular formula is C25H30O8Se2. The number of carbonyl (C=O) groups is 2. The van der Waals surface area contributed by atoms with E-state index in [0.29, 0.717) is 0 Å². The Morgan fingerprint density at radius 3 is 1.43 bits per heavy atom. The van der Waals surface area contributed by atoms with E-state index in [2.05, 4.69) is 0 Å². The summed E-state index contributed by atoms with van der Waals surface area (Å²) in [6.07, 6.45) is -4.57. The van der Waals surface area contributed by atoms with Crippen molar-refractivity contribution < 1.29 is 39.5 Å². The Kier molecular flexibility index (Phi) is 9.93. The Bertz CT molecular complexity index is 894. The first-order valence-electron chi connectivity index (χ1n) is 11.2. The zero-order chi connectivity index (χ0) is 25.6. The molecular weight excluding hydrogens is 586 g/mol. The number of hydrogen-bond donors (Lipinski definition) is 4. The molecule has 2 unspecified atom stereocenters. The molecule has 6 atom stereocenters. The van der Waals surface area contributed by atoms with Crippen LogP contribution in [0.5, 0.6) is 0 Å². The Balaban J connectivity index is 1.71. The molecule has 1 aliphatic rings. The van der Waals surface area contributed by atoms with E-state index in [1.165, 1.54) is 0 Å². The van der Waals surface area contributed by atoms with E-state index < -0.39 is 81.7 Å². The van der Waals surface area contributed by atoms with Gasteiger partial charge in [0.2, 0.25) is 0 Å². The number of rotatable bonds is 12. The molecule has 10 heteroatoms. The van der Waals surface area contributed by atoms with Gasteiger partial charge in [-0.3, -0.25) is 0 Å². The molecule has 1 saturated heterocycles. The van der Waals surface area contributed by atoms with Crippen molar-refractivity contribution >= 4 is 50.8 Å². The van der Waals surface area contributed by atoms with Crippen LogP contribution in [0.2, 0.25) is 9.63 Å². The second kappa shape index (κ2) is 12.5. The zero-order valence-electron chi connectivity index (χ0n) is 19.4. The Hall–Kier alpha value is -1.74. The fraction of sp³-hybridized carbons (Fsp3) is 0.440. The molecule has 0 radical (unpaired) electrons. The number of aliphatic hydroxyl groups excluding tert-OH is 2. The summed E-state index contributed by atoms with van der Waals surface area (Å²) in [6.45, 7) is 3.29. The quantitative estimate of drug-likeness (QED) is 0.258. The number of benzene rings is 2. The molecule has 0 saturated carbocycles. The molecule has 1 heterocycles. The minimum atomic E-state index is -1.22. The number of aliphatic hydroxyl groups is 2. The Labute approximate surface area is 217 Å². The standard InChI is InChI=1S/C25H30O8Se2/c1-25(2)32-21(17(26)13-19(23(28)29)34-15-9-5-3-6-10-15)22(33-25)18(27)14-20(24(30)31)35-16-11-7-4-8-12-16/h3-12,17-22,26-27H,13-14H2,1-2H3,(H,28,29)(H,30,31)/t17-,18-,19?,20?,21-,22-/m1/s1. The van der Waals surface area contributed by atoms with Crippen molar-refractivity contribution in [2.75, 3.05) is 0 Å². The van der Waals surface area contributed by atoms with Gasteiger partial charge in [0.05, 0.1) is 0 Å². The van der Waals surface area contributed by atoms with Gasteiger partial charge in [0.25, 0.3) is 0 Å². The van der Waals surface area contributed by atoms with Crippen LogP contribution in [0.1, 0.15) is 26.7 Å². The molecule has 3 rings (SSSR count). The molecule has 2 aromatic carbocycles. The molecule has 0 bridgehead atoms. The summed E-state index contributed by atoms with van der Waals surface area (Å²) in [5, 5.41) is 41.5. The molecule has 0 aliphatic carbocycles. The Morgan fingerprint density at radius 1 is 0.771 bits per heavy atom. The molecule has 2 aromatic rings. The fourth-order valence-electron chi connectivity index (χ4n) is 3.84. The van der Waals surface area contributed by atoms with Gasteiger partial charge in [-0.05, 0) is 0 Å². The van der Waals surface area contributed by atoms with Gasteiger partial charge in [-0.1, -0.05) is 0 Å². The third-order valence-corrected chi connectivity index (χ3v) is 10.6. The van der Waals surface area contributed by atoms with Crippen LogP contribution in [0.25, 0.3) is 0 Å².